The largest absolute Gasteiger partial charge is 0.326 e. The molecule has 0 unspecified atom stereocenters. The second-order valence-corrected chi connectivity index (χ2v) is 8.74. The van der Waals surface area contributed by atoms with Crippen LogP contribution in [0.1, 0.15) is 6.42 Å². The lowest BCUT2D eigenvalue weighted by atomic mass is 10.1. The molecule has 146 valence electrons. The monoisotopic (exact) mass is 467 g/mol. The van der Waals surface area contributed by atoms with Crippen LogP contribution in [0.4, 0.5) is 11.4 Å². The minimum Gasteiger partial charge on any atom is -0.326 e. The van der Waals surface area contributed by atoms with E-state index in [0.717, 1.165) is 20.9 Å². The highest BCUT2D eigenvalue weighted by atomic mass is 79.9. The van der Waals surface area contributed by atoms with Gasteiger partial charge in [-0.1, -0.05) is 64.1 Å². The number of carbonyl (C=O) groups is 2. The lowest BCUT2D eigenvalue weighted by molar-refractivity contribution is -0.127. The first-order valence-electron chi connectivity index (χ1n) is 9.07. The Labute approximate surface area is 181 Å². The Morgan fingerprint density at radius 3 is 2.62 bits per heavy atom. The van der Waals surface area contributed by atoms with Crippen LogP contribution in [0, 0.1) is 0 Å². The summed E-state index contributed by atoms with van der Waals surface area (Å²) in [6.45, 7) is 0. The molecule has 1 fully saturated rings. The summed E-state index contributed by atoms with van der Waals surface area (Å²) in [5, 5.41) is 5.08. The molecule has 29 heavy (non-hydrogen) atoms. The maximum absolute atomic E-state index is 12.6. The molecule has 3 aromatic carbocycles. The summed E-state index contributed by atoms with van der Waals surface area (Å²) in [6.07, 6.45) is 0.0957. The molecule has 7 heteroatoms. The molecule has 4 rings (SSSR count). The lowest BCUT2D eigenvalue weighted by Gasteiger charge is -2.10. The number of amides is 2. The molecule has 1 aliphatic heterocycles. The number of nitrogens with zero attached hydrogens (tertiary/aromatic N) is 2. The van der Waals surface area contributed by atoms with Crippen LogP contribution >= 0.6 is 27.7 Å². The zero-order valence-corrected chi connectivity index (χ0v) is 18.0. The molecule has 0 spiro atoms. The molecule has 1 N–H and O–H groups in total. The van der Waals surface area contributed by atoms with E-state index >= 15 is 0 Å². The fraction of sp³-hybridized carbons (Fsp3) is 0.136. The van der Waals surface area contributed by atoms with Gasteiger partial charge in [0.1, 0.15) is 5.25 Å². The number of aliphatic imine (C=N–C) groups is 1. The van der Waals surface area contributed by atoms with Crippen LogP contribution in [0.5, 0.6) is 0 Å². The van der Waals surface area contributed by atoms with Crippen LogP contribution in [0.2, 0.25) is 0 Å². The molecular weight excluding hydrogens is 450 g/mol. The topological polar surface area (TPSA) is 61.8 Å². The number of thioether (sulfide) groups is 1. The highest BCUT2D eigenvalue weighted by molar-refractivity contribution is 9.10. The molecule has 0 aliphatic carbocycles. The number of halogens is 1. The minimum absolute atomic E-state index is 0.0957. The fourth-order valence-electron chi connectivity index (χ4n) is 3.12. The first kappa shape index (κ1) is 19.7. The van der Waals surface area contributed by atoms with Gasteiger partial charge in [0.05, 0.1) is 5.69 Å². The number of carbonyl (C=O) groups excluding carboxylic acids is 2. The summed E-state index contributed by atoms with van der Waals surface area (Å²) in [4.78, 5) is 31.3. The van der Waals surface area contributed by atoms with Crippen molar-refractivity contribution in [3.8, 4) is 0 Å². The Morgan fingerprint density at radius 1 is 1.10 bits per heavy atom. The maximum Gasteiger partial charge on any atom is 0.242 e. The molecule has 3 aromatic rings. The SMILES string of the molecule is CN1C(=O)[C@@H](CC(=O)Nc2ccc(Br)cc2)SC1=Nc1cccc2ccccc12. The molecule has 1 atom stereocenters. The van der Waals surface area contributed by atoms with Crippen molar-refractivity contribution in [1.82, 2.24) is 4.90 Å². The number of hydrogen-bond donors (Lipinski definition) is 1. The Kier molecular flexibility index (Phi) is 5.69. The average Bonchev–Trinajstić information content (AvgIpc) is 2.98. The minimum atomic E-state index is -0.482. The smallest absolute Gasteiger partial charge is 0.242 e. The number of nitrogens with one attached hydrogen (secondary N) is 1. The molecule has 5 nitrogen and oxygen atoms in total. The lowest BCUT2D eigenvalue weighted by Crippen LogP contribution is -2.30. The Hall–Kier alpha value is -2.64. The van der Waals surface area contributed by atoms with Gasteiger partial charge >= 0.3 is 0 Å². The first-order chi connectivity index (χ1) is 14.0. The maximum atomic E-state index is 12.6. The van der Waals surface area contributed by atoms with E-state index in [1.54, 1.807) is 7.05 Å². The number of fused-ring (bicyclic) bond motifs is 1. The van der Waals surface area contributed by atoms with E-state index in [1.165, 1.54) is 16.7 Å². The highest BCUT2D eigenvalue weighted by Gasteiger charge is 2.37. The van der Waals surface area contributed by atoms with Gasteiger partial charge in [0, 0.05) is 29.0 Å². The van der Waals surface area contributed by atoms with Gasteiger partial charge in [0.2, 0.25) is 11.8 Å². The van der Waals surface area contributed by atoms with Crippen molar-refractivity contribution in [2.45, 2.75) is 11.7 Å². The number of benzene rings is 3. The van der Waals surface area contributed by atoms with Gasteiger partial charge in [-0.2, -0.15) is 0 Å². The summed E-state index contributed by atoms with van der Waals surface area (Å²) < 4.78 is 0.938. The van der Waals surface area contributed by atoms with Gasteiger partial charge in [-0.15, -0.1) is 0 Å². The van der Waals surface area contributed by atoms with Crippen LogP contribution in [0.15, 0.2) is 76.2 Å². The second kappa shape index (κ2) is 8.39. The highest BCUT2D eigenvalue weighted by Crippen LogP contribution is 2.33. The molecule has 0 radical (unpaired) electrons. The average molecular weight is 468 g/mol. The van der Waals surface area contributed by atoms with Gasteiger partial charge in [-0.25, -0.2) is 4.99 Å². The summed E-state index contributed by atoms with van der Waals surface area (Å²) in [7, 11) is 1.70. The van der Waals surface area contributed by atoms with E-state index < -0.39 is 5.25 Å². The van der Waals surface area contributed by atoms with E-state index in [1.807, 2.05) is 66.7 Å². The van der Waals surface area contributed by atoms with Crippen LogP contribution in [-0.2, 0) is 9.59 Å². The molecule has 0 saturated carbocycles. The number of hydrogen-bond acceptors (Lipinski definition) is 4. The number of anilines is 1. The van der Waals surface area contributed by atoms with E-state index in [2.05, 4.69) is 21.2 Å². The van der Waals surface area contributed by atoms with Crippen LogP contribution < -0.4 is 5.32 Å². The van der Waals surface area contributed by atoms with E-state index in [-0.39, 0.29) is 18.2 Å². The van der Waals surface area contributed by atoms with Crippen molar-refractivity contribution in [1.29, 1.82) is 0 Å². The quantitative estimate of drug-likeness (QED) is 0.573. The second-order valence-electron chi connectivity index (χ2n) is 6.66. The third kappa shape index (κ3) is 4.36. The van der Waals surface area contributed by atoms with Gasteiger partial charge in [0.25, 0.3) is 0 Å². The van der Waals surface area contributed by atoms with E-state index in [4.69, 9.17) is 4.99 Å². The fourth-order valence-corrected chi connectivity index (χ4v) is 4.53. The summed E-state index contributed by atoms with van der Waals surface area (Å²) in [5.41, 5.74) is 1.51. The summed E-state index contributed by atoms with van der Waals surface area (Å²) in [5.74, 6) is -0.307. The molecular formula is C22H18BrN3O2S. The van der Waals surface area contributed by atoms with Crippen molar-refractivity contribution in [2.24, 2.45) is 4.99 Å². The van der Waals surface area contributed by atoms with Gasteiger partial charge in [0.15, 0.2) is 5.17 Å². The Balaban J connectivity index is 1.50. The predicted molar refractivity (Wildman–Crippen MR) is 123 cm³/mol. The van der Waals surface area contributed by atoms with Crippen LogP contribution in [0.3, 0.4) is 0 Å². The Morgan fingerprint density at radius 2 is 1.83 bits per heavy atom. The summed E-state index contributed by atoms with van der Waals surface area (Å²) >= 11 is 4.70. The van der Waals surface area contributed by atoms with E-state index in [9.17, 15) is 9.59 Å². The van der Waals surface area contributed by atoms with Crippen LogP contribution in [0.25, 0.3) is 10.8 Å². The van der Waals surface area contributed by atoms with Crippen molar-refractivity contribution < 1.29 is 9.59 Å². The number of rotatable bonds is 4. The zero-order valence-electron chi connectivity index (χ0n) is 15.6. The first-order valence-corrected chi connectivity index (χ1v) is 10.7. The van der Waals surface area contributed by atoms with Gasteiger partial charge in [-0.3, -0.25) is 14.5 Å². The number of amidine groups is 1. The normalized spacial score (nSPS) is 17.9. The zero-order chi connectivity index (χ0) is 20.4. The molecule has 1 heterocycles. The standard InChI is InChI=1S/C22H18BrN3O2S/c1-26-21(28)19(13-20(27)24-16-11-9-15(23)10-12-16)29-22(26)25-18-8-4-6-14-5-2-3-7-17(14)18/h2-12,19H,13H2,1H3,(H,24,27)/t19-/m1/s1. The predicted octanol–water partition coefficient (Wildman–Crippen LogP) is 5.19. The van der Waals surface area contributed by atoms with Gasteiger partial charge in [-0.05, 0) is 35.7 Å². The molecule has 1 saturated heterocycles. The van der Waals surface area contributed by atoms with Crippen molar-refractivity contribution in [3.05, 3.63) is 71.2 Å². The molecule has 0 aromatic heterocycles. The van der Waals surface area contributed by atoms with Gasteiger partial charge < -0.3 is 5.32 Å². The summed E-state index contributed by atoms with van der Waals surface area (Å²) in [6, 6.07) is 21.2. The Bertz CT molecular complexity index is 1110. The van der Waals surface area contributed by atoms with Crippen LogP contribution in [-0.4, -0.2) is 34.2 Å². The van der Waals surface area contributed by atoms with Crippen molar-refractivity contribution in [3.63, 3.8) is 0 Å². The third-order valence-corrected chi connectivity index (χ3v) is 6.38. The van der Waals surface area contributed by atoms with Crippen molar-refractivity contribution in [2.75, 3.05) is 12.4 Å². The van der Waals surface area contributed by atoms with E-state index in [0.29, 0.717) is 10.9 Å². The molecule has 1 aliphatic rings. The molecule has 0 bridgehead atoms. The molecule has 2 amide bonds. The van der Waals surface area contributed by atoms with Crippen molar-refractivity contribution >= 4 is 66.8 Å². The third-order valence-electron chi connectivity index (χ3n) is 4.62.